The number of Topliss-reactive ketones (excluding diaryl/α,β-unsaturated/α-hetero) is 1. The molecule has 3 rings (SSSR count). The second-order valence-electron chi connectivity index (χ2n) is 6.43. The molecular formula is C17H22FNO. The summed E-state index contributed by atoms with van der Waals surface area (Å²) in [5.41, 5.74) is 1.86. The first-order chi connectivity index (χ1) is 9.54. The normalized spacial score (nSPS) is 29.6. The maximum atomic E-state index is 13.1. The first-order valence-electron chi connectivity index (χ1n) is 7.54. The van der Waals surface area contributed by atoms with Crippen molar-refractivity contribution >= 4 is 5.78 Å². The Morgan fingerprint density at radius 3 is 2.55 bits per heavy atom. The van der Waals surface area contributed by atoms with Gasteiger partial charge in [0.15, 0.2) is 0 Å². The van der Waals surface area contributed by atoms with Crippen molar-refractivity contribution in [3.63, 3.8) is 0 Å². The van der Waals surface area contributed by atoms with E-state index in [9.17, 15) is 9.18 Å². The maximum Gasteiger partial charge on any atom is 0.140 e. The van der Waals surface area contributed by atoms with Gasteiger partial charge in [0.1, 0.15) is 11.6 Å². The number of aryl methyl sites for hydroxylation is 1. The minimum atomic E-state index is -0.226. The zero-order valence-electron chi connectivity index (χ0n) is 12.2. The lowest BCUT2D eigenvalue weighted by molar-refractivity contribution is -0.124. The van der Waals surface area contributed by atoms with Crippen LogP contribution in [-0.2, 0) is 11.2 Å². The molecule has 2 bridgehead atoms. The predicted molar refractivity (Wildman–Crippen MR) is 77.1 cm³/mol. The Kier molecular flexibility index (Phi) is 3.63. The van der Waals surface area contributed by atoms with E-state index in [-0.39, 0.29) is 11.7 Å². The van der Waals surface area contributed by atoms with Crippen molar-refractivity contribution in [2.75, 3.05) is 7.05 Å². The molecule has 0 N–H and O–H groups in total. The van der Waals surface area contributed by atoms with Crippen LogP contribution < -0.4 is 0 Å². The highest BCUT2D eigenvalue weighted by atomic mass is 19.1. The van der Waals surface area contributed by atoms with E-state index in [1.165, 1.54) is 25.0 Å². The SMILES string of the molecule is Cc1cc(F)ccc1CC(=O)C1CC2CCC(C1)N2C. The van der Waals surface area contributed by atoms with Crippen LogP contribution in [0.4, 0.5) is 4.39 Å². The summed E-state index contributed by atoms with van der Waals surface area (Å²) in [5.74, 6) is 0.314. The molecule has 2 fully saturated rings. The predicted octanol–water partition coefficient (Wildman–Crippen LogP) is 3.12. The number of nitrogens with zero attached hydrogens (tertiary/aromatic N) is 1. The quantitative estimate of drug-likeness (QED) is 0.844. The van der Waals surface area contributed by atoms with Crippen molar-refractivity contribution in [3.05, 3.63) is 35.1 Å². The van der Waals surface area contributed by atoms with Gasteiger partial charge in [-0.3, -0.25) is 4.79 Å². The van der Waals surface area contributed by atoms with E-state index in [0.29, 0.717) is 24.3 Å². The largest absolute Gasteiger partial charge is 0.300 e. The fourth-order valence-corrected chi connectivity index (χ4v) is 3.86. The topological polar surface area (TPSA) is 20.3 Å². The Morgan fingerprint density at radius 2 is 1.95 bits per heavy atom. The van der Waals surface area contributed by atoms with Crippen molar-refractivity contribution in [2.24, 2.45) is 5.92 Å². The second kappa shape index (κ2) is 5.28. The summed E-state index contributed by atoms with van der Waals surface area (Å²) >= 11 is 0. The molecule has 1 aromatic rings. The smallest absolute Gasteiger partial charge is 0.140 e. The number of benzene rings is 1. The number of hydrogen-bond acceptors (Lipinski definition) is 2. The van der Waals surface area contributed by atoms with Gasteiger partial charge < -0.3 is 4.90 Å². The van der Waals surface area contributed by atoms with E-state index in [1.807, 2.05) is 6.92 Å². The lowest BCUT2D eigenvalue weighted by Gasteiger charge is -2.35. The van der Waals surface area contributed by atoms with Crippen LogP contribution in [0.15, 0.2) is 18.2 Å². The van der Waals surface area contributed by atoms with Gasteiger partial charge >= 0.3 is 0 Å². The molecular weight excluding hydrogens is 253 g/mol. The molecule has 108 valence electrons. The van der Waals surface area contributed by atoms with Gasteiger partial charge in [0.25, 0.3) is 0 Å². The second-order valence-corrected chi connectivity index (χ2v) is 6.43. The number of carbonyl (C=O) groups excluding carboxylic acids is 1. The summed E-state index contributed by atoms with van der Waals surface area (Å²) in [6.07, 6.45) is 4.94. The highest BCUT2D eigenvalue weighted by molar-refractivity contribution is 5.83. The summed E-state index contributed by atoms with van der Waals surface area (Å²) in [7, 11) is 2.19. The molecule has 2 nitrogen and oxygen atoms in total. The number of carbonyl (C=O) groups is 1. The third-order valence-electron chi connectivity index (χ3n) is 5.22. The Labute approximate surface area is 120 Å². The van der Waals surface area contributed by atoms with Crippen LogP contribution in [0.1, 0.15) is 36.8 Å². The van der Waals surface area contributed by atoms with Crippen molar-refractivity contribution in [1.82, 2.24) is 4.90 Å². The van der Waals surface area contributed by atoms with E-state index in [2.05, 4.69) is 11.9 Å². The van der Waals surface area contributed by atoms with Crippen molar-refractivity contribution in [3.8, 4) is 0 Å². The fourth-order valence-electron chi connectivity index (χ4n) is 3.86. The maximum absolute atomic E-state index is 13.1. The van der Waals surface area contributed by atoms with Gasteiger partial charge in [-0.1, -0.05) is 6.07 Å². The van der Waals surface area contributed by atoms with Crippen LogP contribution in [0.5, 0.6) is 0 Å². The lowest BCUT2D eigenvalue weighted by atomic mass is 9.85. The average Bonchev–Trinajstić information content (AvgIpc) is 2.64. The number of hydrogen-bond donors (Lipinski definition) is 0. The molecule has 2 heterocycles. The zero-order valence-corrected chi connectivity index (χ0v) is 12.2. The van der Waals surface area contributed by atoms with Crippen LogP contribution in [0.3, 0.4) is 0 Å². The van der Waals surface area contributed by atoms with Gasteiger partial charge in [-0.25, -0.2) is 4.39 Å². The Bertz CT molecular complexity index is 514. The molecule has 2 saturated heterocycles. The number of ketones is 1. The molecule has 3 heteroatoms. The lowest BCUT2D eigenvalue weighted by Crippen LogP contribution is -2.42. The zero-order chi connectivity index (χ0) is 14.3. The molecule has 0 spiro atoms. The van der Waals surface area contributed by atoms with Gasteiger partial charge in [-0.2, -0.15) is 0 Å². The van der Waals surface area contributed by atoms with Gasteiger partial charge in [0.05, 0.1) is 0 Å². The molecule has 2 unspecified atom stereocenters. The van der Waals surface area contributed by atoms with E-state index in [1.54, 1.807) is 6.07 Å². The number of rotatable bonds is 3. The standard InChI is InChI=1S/C17H22FNO/c1-11-7-14(18)4-3-12(11)10-17(20)13-8-15-5-6-16(9-13)19(15)2/h3-4,7,13,15-16H,5-6,8-10H2,1-2H3. The minimum Gasteiger partial charge on any atom is -0.300 e. The van der Waals surface area contributed by atoms with Crippen LogP contribution in [-0.4, -0.2) is 29.8 Å². The summed E-state index contributed by atoms with van der Waals surface area (Å²) in [5, 5.41) is 0. The van der Waals surface area contributed by atoms with Gasteiger partial charge in [-0.15, -0.1) is 0 Å². The van der Waals surface area contributed by atoms with Crippen molar-refractivity contribution in [2.45, 2.75) is 51.1 Å². The number of piperidine rings is 1. The first kappa shape index (κ1) is 13.7. The van der Waals surface area contributed by atoms with E-state index in [4.69, 9.17) is 0 Å². The molecule has 0 aliphatic carbocycles. The average molecular weight is 275 g/mol. The summed E-state index contributed by atoms with van der Waals surface area (Å²) < 4.78 is 13.1. The van der Waals surface area contributed by atoms with Crippen LogP contribution in [0, 0.1) is 18.7 Å². The Hall–Kier alpha value is -1.22. The van der Waals surface area contributed by atoms with E-state index < -0.39 is 0 Å². The minimum absolute atomic E-state index is 0.202. The van der Waals surface area contributed by atoms with E-state index >= 15 is 0 Å². The Balaban J connectivity index is 1.68. The third-order valence-corrected chi connectivity index (χ3v) is 5.22. The van der Waals surface area contributed by atoms with Gasteiger partial charge in [-0.05, 0) is 62.9 Å². The third kappa shape index (κ3) is 2.51. The molecule has 2 aliphatic heterocycles. The fraction of sp³-hybridized carbons (Fsp3) is 0.588. The first-order valence-corrected chi connectivity index (χ1v) is 7.54. The summed E-state index contributed by atoms with van der Waals surface area (Å²) in [6, 6.07) is 5.91. The highest BCUT2D eigenvalue weighted by Gasteiger charge is 2.40. The van der Waals surface area contributed by atoms with Gasteiger partial charge in [0, 0.05) is 24.4 Å². The van der Waals surface area contributed by atoms with Crippen LogP contribution in [0.2, 0.25) is 0 Å². The van der Waals surface area contributed by atoms with Crippen molar-refractivity contribution < 1.29 is 9.18 Å². The monoisotopic (exact) mass is 275 g/mol. The molecule has 0 saturated carbocycles. The molecule has 1 aromatic carbocycles. The van der Waals surface area contributed by atoms with Gasteiger partial charge in [0.2, 0.25) is 0 Å². The summed E-state index contributed by atoms with van der Waals surface area (Å²) in [4.78, 5) is 15.0. The molecule has 0 aromatic heterocycles. The number of halogens is 1. The van der Waals surface area contributed by atoms with Crippen molar-refractivity contribution in [1.29, 1.82) is 0 Å². The van der Waals surface area contributed by atoms with Crippen LogP contribution >= 0.6 is 0 Å². The molecule has 2 aliphatic rings. The molecule has 20 heavy (non-hydrogen) atoms. The molecule has 2 atom stereocenters. The highest BCUT2D eigenvalue weighted by Crippen LogP contribution is 2.38. The summed E-state index contributed by atoms with van der Waals surface area (Å²) in [6.45, 7) is 1.88. The Morgan fingerprint density at radius 1 is 1.30 bits per heavy atom. The molecule has 0 amide bonds. The van der Waals surface area contributed by atoms with E-state index in [0.717, 1.165) is 24.0 Å². The molecule has 0 radical (unpaired) electrons. The van der Waals surface area contributed by atoms with Crippen LogP contribution in [0.25, 0.3) is 0 Å². The number of fused-ring (bicyclic) bond motifs is 2.